The highest BCUT2D eigenvalue weighted by atomic mass is 16.2. The summed E-state index contributed by atoms with van der Waals surface area (Å²) in [5.74, 6) is -0.170. The van der Waals surface area contributed by atoms with Crippen LogP contribution in [0.4, 0.5) is 0 Å². The van der Waals surface area contributed by atoms with Crippen LogP contribution in [0.15, 0.2) is 53.3 Å². The lowest BCUT2D eigenvalue weighted by Crippen LogP contribution is -2.34. The molecule has 0 unspecified atom stereocenters. The van der Waals surface area contributed by atoms with Crippen molar-refractivity contribution in [1.29, 1.82) is 0 Å². The van der Waals surface area contributed by atoms with Crippen LogP contribution in [0.1, 0.15) is 31.0 Å². The number of fused-ring (bicyclic) bond motifs is 1. The number of aromatic nitrogens is 2. The van der Waals surface area contributed by atoms with Crippen molar-refractivity contribution in [2.75, 3.05) is 0 Å². The zero-order chi connectivity index (χ0) is 18.0. The Balaban J connectivity index is 1.85. The SMILES string of the molecule is CCn1c(=O)n(CC(=O)N[C@H](C)c2ccccc2C)c2ccccc21. The van der Waals surface area contributed by atoms with E-state index in [1.54, 1.807) is 9.13 Å². The molecule has 1 aromatic heterocycles. The Labute approximate surface area is 146 Å². The third-order valence-corrected chi connectivity index (χ3v) is 4.58. The molecule has 0 radical (unpaired) electrons. The number of imidazole rings is 1. The van der Waals surface area contributed by atoms with Crippen LogP contribution in [0, 0.1) is 6.92 Å². The fourth-order valence-electron chi connectivity index (χ4n) is 3.31. The molecule has 0 aliphatic heterocycles. The highest BCUT2D eigenvalue weighted by Gasteiger charge is 2.16. The minimum Gasteiger partial charge on any atom is -0.348 e. The van der Waals surface area contributed by atoms with E-state index in [4.69, 9.17) is 0 Å². The molecular formula is C20H23N3O2. The molecule has 25 heavy (non-hydrogen) atoms. The Hall–Kier alpha value is -2.82. The van der Waals surface area contributed by atoms with Gasteiger partial charge < -0.3 is 5.32 Å². The quantitative estimate of drug-likeness (QED) is 0.778. The van der Waals surface area contributed by atoms with E-state index in [-0.39, 0.29) is 24.2 Å². The fourth-order valence-corrected chi connectivity index (χ4v) is 3.31. The smallest absolute Gasteiger partial charge is 0.329 e. The van der Waals surface area contributed by atoms with E-state index in [2.05, 4.69) is 5.32 Å². The molecule has 3 aromatic rings. The molecule has 1 amide bonds. The van der Waals surface area contributed by atoms with E-state index in [1.807, 2.05) is 69.3 Å². The summed E-state index contributed by atoms with van der Waals surface area (Å²) in [6.45, 7) is 6.50. The number of carbonyl (C=O) groups is 1. The second-order valence-corrected chi connectivity index (χ2v) is 6.25. The van der Waals surface area contributed by atoms with Gasteiger partial charge in [0.25, 0.3) is 0 Å². The second-order valence-electron chi connectivity index (χ2n) is 6.25. The molecule has 130 valence electrons. The number of para-hydroxylation sites is 2. The Morgan fingerprint density at radius 3 is 2.28 bits per heavy atom. The highest BCUT2D eigenvalue weighted by Crippen LogP contribution is 2.17. The molecule has 2 aromatic carbocycles. The maximum absolute atomic E-state index is 12.6. The summed E-state index contributed by atoms with van der Waals surface area (Å²) in [5.41, 5.74) is 3.71. The van der Waals surface area contributed by atoms with Crippen molar-refractivity contribution in [2.45, 2.75) is 39.9 Å². The Morgan fingerprint density at radius 2 is 1.64 bits per heavy atom. The number of rotatable bonds is 5. The number of hydrogen-bond acceptors (Lipinski definition) is 2. The summed E-state index contributed by atoms with van der Waals surface area (Å²) in [7, 11) is 0. The molecule has 1 N–H and O–H groups in total. The predicted octanol–water partition coefficient (Wildman–Crippen LogP) is 3.01. The first-order chi connectivity index (χ1) is 12.0. The minimum atomic E-state index is -0.170. The molecule has 5 heteroatoms. The van der Waals surface area contributed by atoms with E-state index in [0.717, 1.165) is 22.2 Å². The van der Waals surface area contributed by atoms with E-state index >= 15 is 0 Å². The summed E-state index contributed by atoms with van der Waals surface area (Å²) in [6, 6.07) is 15.4. The average molecular weight is 337 g/mol. The van der Waals surface area contributed by atoms with Crippen LogP contribution in [0.5, 0.6) is 0 Å². The summed E-state index contributed by atoms with van der Waals surface area (Å²) >= 11 is 0. The fraction of sp³-hybridized carbons (Fsp3) is 0.300. The number of nitrogens with one attached hydrogen (secondary N) is 1. The maximum Gasteiger partial charge on any atom is 0.329 e. The van der Waals surface area contributed by atoms with Gasteiger partial charge in [-0.3, -0.25) is 13.9 Å². The first kappa shape index (κ1) is 17.0. The van der Waals surface area contributed by atoms with Crippen LogP contribution in [-0.4, -0.2) is 15.0 Å². The monoisotopic (exact) mass is 337 g/mol. The number of carbonyl (C=O) groups excluding carboxylic acids is 1. The second kappa shape index (κ2) is 6.97. The van der Waals surface area contributed by atoms with Crippen LogP contribution >= 0.6 is 0 Å². The first-order valence-electron chi connectivity index (χ1n) is 8.56. The molecule has 0 saturated carbocycles. The molecule has 1 heterocycles. The van der Waals surface area contributed by atoms with Crippen LogP contribution in [0.3, 0.4) is 0 Å². The Bertz CT molecular complexity index is 968. The van der Waals surface area contributed by atoms with E-state index in [9.17, 15) is 9.59 Å². The summed E-state index contributed by atoms with van der Waals surface area (Å²) in [5, 5.41) is 3.00. The molecule has 0 bridgehead atoms. The van der Waals surface area contributed by atoms with Gasteiger partial charge in [-0.05, 0) is 44.0 Å². The number of nitrogens with zero attached hydrogens (tertiary/aromatic N) is 2. The van der Waals surface area contributed by atoms with Gasteiger partial charge >= 0.3 is 5.69 Å². The molecular weight excluding hydrogens is 314 g/mol. The predicted molar refractivity (Wildman–Crippen MR) is 99.6 cm³/mol. The lowest BCUT2D eigenvalue weighted by atomic mass is 10.0. The van der Waals surface area contributed by atoms with Crippen molar-refractivity contribution < 1.29 is 4.79 Å². The summed E-state index contributed by atoms with van der Waals surface area (Å²) in [6.07, 6.45) is 0. The zero-order valence-corrected chi connectivity index (χ0v) is 14.8. The third kappa shape index (κ3) is 3.22. The summed E-state index contributed by atoms with van der Waals surface area (Å²) in [4.78, 5) is 25.1. The summed E-state index contributed by atoms with van der Waals surface area (Å²) < 4.78 is 3.23. The zero-order valence-electron chi connectivity index (χ0n) is 14.8. The van der Waals surface area contributed by atoms with Crippen LogP contribution in [0.2, 0.25) is 0 Å². The van der Waals surface area contributed by atoms with Gasteiger partial charge in [0.1, 0.15) is 6.54 Å². The normalized spacial score (nSPS) is 12.3. The van der Waals surface area contributed by atoms with Gasteiger partial charge in [0.05, 0.1) is 17.1 Å². The molecule has 5 nitrogen and oxygen atoms in total. The molecule has 3 rings (SSSR count). The van der Waals surface area contributed by atoms with Crippen molar-refractivity contribution in [3.63, 3.8) is 0 Å². The Kier molecular flexibility index (Phi) is 4.74. The van der Waals surface area contributed by atoms with Gasteiger partial charge in [0.15, 0.2) is 0 Å². The lowest BCUT2D eigenvalue weighted by molar-refractivity contribution is -0.122. The third-order valence-electron chi connectivity index (χ3n) is 4.58. The lowest BCUT2D eigenvalue weighted by Gasteiger charge is -2.16. The van der Waals surface area contributed by atoms with Crippen molar-refractivity contribution in [3.05, 3.63) is 70.1 Å². The molecule has 0 aliphatic rings. The van der Waals surface area contributed by atoms with Crippen LogP contribution < -0.4 is 11.0 Å². The van der Waals surface area contributed by atoms with Gasteiger partial charge in [-0.15, -0.1) is 0 Å². The number of aryl methyl sites for hydroxylation is 2. The highest BCUT2D eigenvalue weighted by molar-refractivity contribution is 5.81. The van der Waals surface area contributed by atoms with Gasteiger partial charge in [0, 0.05) is 6.54 Å². The molecule has 0 spiro atoms. The number of amides is 1. The molecule has 0 fully saturated rings. The van der Waals surface area contributed by atoms with Gasteiger partial charge in [-0.25, -0.2) is 4.79 Å². The molecule has 1 atom stereocenters. The van der Waals surface area contributed by atoms with Gasteiger partial charge in [-0.2, -0.15) is 0 Å². The van der Waals surface area contributed by atoms with Crippen LogP contribution in [-0.2, 0) is 17.9 Å². The van der Waals surface area contributed by atoms with Crippen LogP contribution in [0.25, 0.3) is 11.0 Å². The largest absolute Gasteiger partial charge is 0.348 e. The molecule has 0 aliphatic carbocycles. The van der Waals surface area contributed by atoms with Gasteiger partial charge in [-0.1, -0.05) is 36.4 Å². The topological polar surface area (TPSA) is 56.0 Å². The minimum absolute atomic E-state index is 0.0164. The number of benzene rings is 2. The van der Waals surface area contributed by atoms with E-state index in [1.165, 1.54) is 0 Å². The number of hydrogen-bond donors (Lipinski definition) is 1. The van der Waals surface area contributed by atoms with E-state index in [0.29, 0.717) is 6.54 Å². The van der Waals surface area contributed by atoms with E-state index < -0.39 is 0 Å². The van der Waals surface area contributed by atoms with Crippen molar-refractivity contribution >= 4 is 16.9 Å². The maximum atomic E-state index is 12.6. The molecule has 0 saturated heterocycles. The van der Waals surface area contributed by atoms with Gasteiger partial charge in [0.2, 0.25) is 5.91 Å². The Morgan fingerprint density at radius 1 is 1.04 bits per heavy atom. The standard InChI is InChI=1S/C20H23N3O2/c1-4-22-17-11-7-8-12-18(17)23(20(22)25)13-19(24)21-15(3)16-10-6-5-9-14(16)2/h5-12,15H,4,13H2,1-3H3,(H,21,24)/t15-/m1/s1. The first-order valence-corrected chi connectivity index (χ1v) is 8.56. The van der Waals surface area contributed by atoms with Crippen molar-refractivity contribution in [1.82, 2.24) is 14.5 Å². The average Bonchev–Trinajstić information content (AvgIpc) is 2.86. The van der Waals surface area contributed by atoms with Crippen molar-refractivity contribution in [3.8, 4) is 0 Å². The van der Waals surface area contributed by atoms with Crippen molar-refractivity contribution in [2.24, 2.45) is 0 Å².